The average molecular weight is 253 g/mol. The Labute approximate surface area is 111 Å². The van der Waals surface area contributed by atoms with Gasteiger partial charge in [0.25, 0.3) is 0 Å². The second kappa shape index (κ2) is 6.50. The number of nitrogens with one attached hydrogen (secondary N) is 1. The van der Waals surface area contributed by atoms with Gasteiger partial charge in [0.15, 0.2) is 0 Å². The fourth-order valence-corrected chi connectivity index (χ4v) is 1.86. The number of aromatic amines is 1. The number of hydrogen-bond acceptors (Lipinski definition) is 2. The fourth-order valence-electron chi connectivity index (χ4n) is 1.86. The number of benzene rings is 1. The number of carbonyl (C=O) groups is 2. The molecule has 3 heteroatoms. The van der Waals surface area contributed by atoms with Gasteiger partial charge in [-0.1, -0.05) is 30.4 Å². The minimum atomic E-state index is 0.481. The van der Waals surface area contributed by atoms with Crippen molar-refractivity contribution >= 4 is 29.6 Å². The number of H-pyrrole nitrogens is 1. The first-order valence-corrected chi connectivity index (χ1v) is 6.18. The molecule has 0 saturated carbocycles. The van der Waals surface area contributed by atoms with E-state index in [1.807, 2.05) is 36.4 Å². The summed E-state index contributed by atoms with van der Waals surface area (Å²) in [7, 11) is 0. The third-order valence-corrected chi connectivity index (χ3v) is 2.77. The van der Waals surface area contributed by atoms with Gasteiger partial charge in [0.05, 0.1) is 0 Å². The van der Waals surface area contributed by atoms with Crippen molar-refractivity contribution in [3.63, 3.8) is 0 Å². The summed E-state index contributed by atoms with van der Waals surface area (Å²) in [5, 5.41) is 1.11. The largest absolute Gasteiger partial charge is 0.355 e. The number of aromatic nitrogens is 1. The summed E-state index contributed by atoms with van der Waals surface area (Å²) in [6.45, 7) is 0. The van der Waals surface area contributed by atoms with Crippen LogP contribution in [-0.2, 0) is 9.59 Å². The Kier molecular flexibility index (Phi) is 4.45. The molecular formula is C16H15NO2. The number of allylic oxidation sites excluding steroid dienone is 3. The minimum absolute atomic E-state index is 0.481. The molecule has 0 unspecified atom stereocenters. The molecule has 0 fully saturated rings. The molecule has 0 aliphatic heterocycles. The number of carbonyl (C=O) groups excluding carboxylic acids is 2. The third-order valence-electron chi connectivity index (χ3n) is 2.77. The van der Waals surface area contributed by atoms with Crippen LogP contribution in [-0.4, -0.2) is 17.6 Å². The summed E-state index contributed by atoms with van der Waals surface area (Å²) in [5.74, 6) is 0. The molecule has 0 spiro atoms. The fraction of sp³-hybridized carbons (Fsp3) is 0.125. The lowest BCUT2D eigenvalue weighted by Crippen LogP contribution is -1.81. The van der Waals surface area contributed by atoms with Gasteiger partial charge in [-0.05, 0) is 30.0 Å². The van der Waals surface area contributed by atoms with Crippen LogP contribution >= 0.6 is 0 Å². The zero-order valence-corrected chi connectivity index (χ0v) is 10.5. The molecular weight excluding hydrogens is 238 g/mol. The minimum Gasteiger partial charge on any atom is -0.355 e. The number of rotatable bonds is 6. The third kappa shape index (κ3) is 3.52. The predicted octanol–water partition coefficient (Wildman–Crippen LogP) is 3.29. The van der Waals surface area contributed by atoms with E-state index in [2.05, 4.69) is 4.98 Å². The molecule has 0 aliphatic rings. The van der Waals surface area contributed by atoms with Gasteiger partial charge in [-0.2, -0.15) is 0 Å². The molecule has 1 aromatic carbocycles. The van der Waals surface area contributed by atoms with Crippen molar-refractivity contribution in [2.45, 2.75) is 12.8 Å². The van der Waals surface area contributed by atoms with Gasteiger partial charge in [-0.25, -0.2) is 0 Å². The van der Waals surface area contributed by atoms with E-state index in [4.69, 9.17) is 0 Å². The van der Waals surface area contributed by atoms with Crippen molar-refractivity contribution in [1.29, 1.82) is 0 Å². The Morgan fingerprint density at radius 2 is 2.00 bits per heavy atom. The number of unbranched alkanes of at least 4 members (excludes halogenated alkanes) is 1. The van der Waals surface area contributed by atoms with E-state index in [1.54, 1.807) is 12.2 Å². The van der Waals surface area contributed by atoms with Crippen LogP contribution in [0.4, 0.5) is 0 Å². The van der Waals surface area contributed by atoms with Gasteiger partial charge in [0.1, 0.15) is 12.6 Å². The van der Waals surface area contributed by atoms with E-state index in [0.29, 0.717) is 18.4 Å². The van der Waals surface area contributed by atoms with Crippen LogP contribution in [0.15, 0.2) is 48.1 Å². The second-order valence-electron chi connectivity index (χ2n) is 4.22. The highest BCUT2D eigenvalue weighted by molar-refractivity contribution is 5.88. The van der Waals surface area contributed by atoms with Gasteiger partial charge in [-0.3, -0.25) is 4.79 Å². The zero-order valence-electron chi connectivity index (χ0n) is 10.5. The van der Waals surface area contributed by atoms with Crippen LogP contribution < -0.4 is 0 Å². The average Bonchev–Trinajstić information content (AvgIpc) is 2.84. The molecule has 1 aromatic heterocycles. The maximum absolute atomic E-state index is 11.0. The highest BCUT2D eigenvalue weighted by atomic mass is 16.1. The van der Waals surface area contributed by atoms with Crippen LogP contribution in [0.25, 0.3) is 17.0 Å². The standard InChI is InChI=1S/C16H15NO2/c18-9-5-1-2-6-13(12-19)10-15-11-14-7-3-4-8-16(14)17-15/h2-4,6-12,17H,1,5H2/b6-2+,13-10-. The molecule has 2 rings (SSSR count). The number of hydrogen-bond donors (Lipinski definition) is 1. The molecule has 19 heavy (non-hydrogen) atoms. The van der Waals surface area contributed by atoms with E-state index >= 15 is 0 Å². The summed E-state index contributed by atoms with van der Waals surface area (Å²) in [4.78, 5) is 24.4. The lowest BCUT2D eigenvalue weighted by molar-refractivity contribution is -0.107. The van der Waals surface area contributed by atoms with Crippen LogP contribution in [0.1, 0.15) is 18.5 Å². The smallest absolute Gasteiger partial charge is 0.150 e. The van der Waals surface area contributed by atoms with Crippen molar-refractivity contribution in [3.05, 3.63) is 53.8 Å². The molecule has 1 N–H and O–H groups in total. The van der Waals surface area contributed by atoms with Crippen LogP contribution in [0.5, 0.6) is 0 Å². The highest BCUT2D eigenvalue weighted by Crippen LogP contribution is 2.16. The van der Waals surface area contributed by atoms with Crippen LogP contribution in [0.3, 0.4) is 0 Å². The first-order chi connectivity index (χ1) is 9.33. The number of para-hydroxylation sites is 1. The molecule has 96 valence electrons. The molecule has 1 heterocycles. The normalized spacial score (nSPS) is 12.1. The predicted molar refractivity (Wildman–Crippen MR) is 76.8 cm³/mol. The second-order valence-corrected chi connectivity index (χ2v) is 4.22. The van der Waals surface area contributed by atoms with Crippen molar-refractivity contribution in [3.8, 4) is 0 Å². The molecule has 0 radical (unpaired) electrons. The van der Waals surface area contributed by atoms with Gasteiger partial charge >= 0.3 is 0 Å². The maximum atomic E-state index is 11.0. The molecule has 0 atom stereocenters. The van der Waals surface area contributed by atoms with Crippen LogP contribution in [0, 0.1) is 0 Å². The number of fused-ring (bicyclic) bond motifs is 1. The first kappa shape index (κ1) is 13.0. The first-order valence-electron chi connectivity index (χ1n) is 6.18. The van der Waals surface area contributed by atoms with E-state index in [9.17, 15) is 9.59 Å². The summed E-state index contributed by atoms with van der Waals surface area (Å²) in [6.07, 6.45) is 8.18. The topological polar surface area (TPSA) is 49.9 Å². The van der Waals surface area contributed by atoms with Crippen LogP contribution in [0.2, 0.25) is 0 Å². The van der Waals surface area contributed by atoms with E-state index in [0.717, 1.165) is 29.2 Å². The molecule has 2 aromatic rings. The van der Waals surface area contributed by atoms with E-state index in [1.165, 1.54) is 0 Å². The highest BCUT2D eigenvalue weighted by Gasteiger charge is 1.98. The quantitative estimate of drug-likeness (QED) is 0.372. The number of aldehydes is 2. The van der Waals surface area contributed by atoms with E-state index in [-0.39, 0.29) is 0 Å². The lowest BCUT2D eigenvalue weighted by atomic mass is 10.2. The summed E-state index contributed by atoms with van der Waals surface area (Å²) < 4.78 is 0. The summed E-state index contributed by atoms with van der Waals surface area (Å²) in [6, 6.07) is 9.95. The van der Waals surface area contributed by atoms with Crippen molar-refractivity contribution in [2.24, 2.45) is 0 Å². The molecule has 0 bridgehead atoms. The maximum Gasteiger partial charge on any atom is 0.150 e. The van der Waals surface area contributed by atoms with E-state index < -0.39 is 0 Å². The Hall–Kier alpha value is -2.42. The van der Waals surface area contributed by atoms with Gasteiger partial charge in [-0.15, -0.1) is 0 Å². The summed E-state index contributed by atoms with van der Waals surface area (Å²) in [5.41, 5.74) is 2.52. The summed E-state index contributed by atoms with van der Waals surface area (Å²) >= 11 is 0. The van der Waals surface area contributed by atoms with Crippen molar-refractivity contribution in [1.82, 2.24) is 4.98 Å². The van der Waals surface area contributed by atoms with Gasteiger partial charge in [0, 0.05) is 23.2 Å². The molecule has 0 amide bonds. The molecule has 0 saturated heterocycles. The Morgan fingerprint density at radius 1 is 1.16 bits per heavy atom. The van der Waals surface area contributed by atoms with Gasteiger partial charge < -0.3 is 9.78 Å². The Bertz CT molecular complexity index is 602. The van der Waals surface area contributed by atoms with Crippen molar-refractivity contribution in [2.75, 3.05) is 0 Å². The van der Waals surface area contributed by atoms with Gasteiger partial charge in [0.2, 0.25) is 0 Å². The van der Waals surface area contributed by atoms with Crippen molar-refractivity contribution < 1.29 is 9.59 Å². The Balaban J connectivity index is 2.19. The zero-order chi connectivity index (χ0) is 13.5. The molecule has 3 nitrogen and oxygen atoms in total. The lowest BCUT2D eigenvalue weighted by Gasteiger charge is -1.90. The SMILES string of the molecule is O=CCC/C=C/C(C=O)=C/c1cc2ccccc2[nH]1. The monoisotopic (exact) mass is 253 g/mol. The molecule has 0 aliphatic carbocycles. The Morgan fingerprint density at radius 3 is 2.74 bits per heavy atom.